The van der Waals surface area contributed by atoms with Gasteiger partial charge in [-0.05, 0) is 102 Å². The third-order valence-electron chi connectivity index (χ3n) is 10.0. The van der Waals surface area contributed by atoms with Crippen molar-refractivity contribution in [3.8, 4) is 11.8 Å². The number of non-ortho nitro benzene ring substituents is 1. The molecular weight excluding hydrogens is 584 g/mol. The third kappa shape index (κ3) is 6.43. The summed E-state index contributed by atoms with van der Waals surface area (Å²) in [4.78, 5) is 51.8. The maximum Gasteiger partial charge on any atom is 0.513 e. The Labute approximate surface area is 261 Å². The fourth-order valence-electron chi connectivity index (χ4n) is 8.84. The van der Waals surface area contributed by atoms with Crippen molar-refractivity contribution < 1.29 is 38.3 Å². The highest BCUT2D eigenvalue weighted by Crippen LogP contribution is 2.64. The molecule has 4 bridgehead atoms. The fourth-order valence-corrected chi connectivity index (χ4v) is 8.84. The summed E-state index contributed by atoms with van der Waals surface area (Å²) >= 11 is 0. The molecule has 8 atom stereocenters. The molecule has 1 heterocycles. The van der Waals surface area contributed by atoms with E-state index in [0.717, 1.165) is 38.5 Å². The van der Waals surface area contributed by atoms with E-state index in [0.29, 0.717) is 30.6 Å². The molecule has 2 amide bonds. The number of alkyl carbamates (subject to hydrolysis) is 1. The van der Waals surface area contributed by atoms with Gasteiger partial charge < -0.3 is 29.2 Å². The number of piperidine rings is 1. The lowest BCUT2D eigenvalue weighted by molar-refractivity contribution is -0.384. The third-order valence-corrected chi connectivity index (χ3v) is 10.0. The molecule has 6 fully saturated rings. The number of rotatable bonds is 9. The second-order valence-corrected chi connectivity index (χ2v) is 14.6. The molecule has 1 saturated heterocycles. The summed E-state index contributed by atoms with van der Waals surface area (Å²) < 4.78 is 22.4. The van der Waals surface area contributed by atoms with Crippen LogP contribution >= 0.6 is 0 Å². The molecule has 1 aromatic carbocycles. The Morgan fingerprint density at radius 1 is 1.09 bits per heavy atom. The maximum atomic E-state index is 14.4. The molecule has 13 heteroatoms. The molecule has 0 radical (unpaired) electrons. The number of carbonyl (C=O) groups is 3. The minimum absolute atomic E-state index is 0.0483. The second-order valence-electron chi connectivity index (χ2n) is 14.6. The van der Waals surface area contributed by atoms with Crippen molar-refractivity contribution in [2.45, 2.75) is 101 Å². The molecule has 242 valence electrons. The van der Waals surface area contributed by atoms with Crippen molar-refractivity contribution in [2.75, 3.05) is 13.2 Å². The fraction of sp³-hybridized carbons (Fsp3) is 0.688. The largest absolute Gasteiger partial charge is 0.513 e. The van der Waals surface area contributed by atoms with Gasteiger partial charge in [0.25, 0.3) is 5.69 Å². The molecule has 13 nitrogen and oxygen atoms in total. The number of nitrogens with zero attached hydrogens (tertiary/aromatic N) is 3. The Morgan fingerprint density at radius 3 is 2.40 bits per heavy atom. The molecule has 3 unspecified atom stereocenters. The second kappa shape index (κ2) is 11.5. The van der Waals surface area contributed by atoms with Gasteiger partial charge in [-0.1, -0.05) is 0 Å². The minimum Gasteiger partial charge on any atom is -0.444 e. The van der Waals surface area contributed by atoms with Gasteiger partial charge in [-0.25, -0.2) is 9.59 Å². The number of nitrogens with one attached hydrogen (secondary N) is 1. The Hall–Kier alpha value is -3.92. The highest BCUT2D eigenvalue weighted by atomic mass is 16.7. The number of nitro benzene ring substituents is 1. The zero-order valence-electron chi connectivity index (χ0n) is 25.9. The quantitative estimate of drug-likeness (QED) is 0.131. The number of hydrogen-bond acceptors (Lipinski definition) is 10. The van der Waals surface area contributed by atoms with Gasteiger partial charge in [0.05, 0.1) is 23.2 Å². The van der Waals surface area contributed by atoms with Crippen LogP contribution in [0.5, 0.6) is 5.75 Å². The van der Waals surface area contributed by atoms with Crippen molar-refractivity contribution in [2.24, 2.45) is 23.2 Å². The molecule has 0 spiro atoms. The average molecular weight is 625 g/mol. The number of benzene rings is 1. The summed E-state index contributed by atoms with van der Waals surface area (Å²) in [5.41, 5.74) is -1.95. The molecule has 6 aliphatic rings. The van der Waals surface area contributed by atoms with Crippen LogP contribution < -0.4 is 10.1 Å². The van der Waals surface area contributed by atoms with Gasteiger partial charge in [-0.15, -0.1) is 0 Å². The average Bonchev–Trinajstić information content (AvgIpc) is 3.61. The summed E-state index contributed by atoms with van der Waals surface area (Å²) in [7, 11) is 0. The van der Waals surface area contributed by atoms with Gasteiger partial charge >= 0.3 is 12.2 Å². The number of carbonyl (C=O) groups excluding carboxylic acids is 3. The van der Waals surface area contributed by atoms with E-state index in [2.05, 4.69) is 11.4 Å². The lowest BCUT2D eigenvalue weighted by Crippen LogP contribution is -2.67. The first-order chi connectivity index (χ1) is 21.3. The monoisotopic (exact) mass is 624 g/mol. The zero-order chi connectivity index (χ0) is 32.1. The van der Waals surface area contributed by atoms with Crippen LogP contribution in [0.25, 0.3) is 0 Å². The first-order valence-corrected chi connectivity index (χ1v) is 15.7. The van der Waals surface area contributed by atoms with E-state index in [9.17, 15) is 29.8 Å². The van der Waals surface area contributed by atoms with Crippen LogP contribution in [-0.2, 0) is 19.0 Å². The van der Waals surface area contributed by atoms with Crippen molar-refractivity contribution in [1.29, 1.82) is 5.26 Å². The van der Waals surface area contributed by atoms with Crippen LogP contribution in [0.4, 0.5) is 15.3 Å². The maximum absolute atomic E-state index is 14.4. The van der Waals surface area contributed by atoms with E-state index >= 15 is 0 Å². The molecule has 1 N–H and O–H groups in total. The molecule has 5 aliphatic carbocycles. The van der Waals surface area contributed by atoms with Crippen LogP contribution in [0.15, 0.2) is 24.3 Å². The summed E-state index contributed by atoms with van der Waals surface area (Å²) in [5, 5.41) is 23.7. The Bertz CT molecular complexity index is 1390. The van der Waals surface area contributed by atoms with E-state index in [1.54, 1.807) is 25.7 Å². The summed E-state index contributed by atoms with van der Waals surface area (Å²) in [6.45, 7) is 5.40. The number of hydrogen-bond donors (Lipinski definition) is 1. The lowest BCUT2D eigenvalue weighted by atomic mass is 9.46. The normalized spacial score (nSPS) is 33.0. The van der Waals surface area contributed by atoms with Crippen LogP contribution in [0.3, 0.4) is 0 Å². The van der Waals surface area contributed by atoms with E-state index in [4.69, 9.17) is 18.9 Å². The van der Waals surface area contributed by atoms with Gasteiger partial charge in [0.15, 0.2) is 0 Å². The highest BCUT2D eigenvalue weighted by Gasteiger charge is 2.64. The molecule has 5 saturated carbocycles. The molecule has 7 rings (SSSR count). The van der Waals surface area contributed by atoms with Crippen molar-refractivity contribution in [1.82, 2.24) is 10.2 Å². The molecular formula is C32H40N4O9. The number of fused-ring (bicyclic) bond motifs is 1. The number of nitro groups is 1. The van der Waals surface area contributed by atoms with E-state index in [-0.39, 0.29) is 36.6 Å². The first kappa shape index (κ1) is 31.1. The Kier molecular flexibility index (Phi) is 7.92. The van der Waals surface area contributed by atoms with Crippen molar-refractivity contribution >= 4 is 23.8 Å². The van der Waals surface area contributed by atoms with Gasteiger partial charge in [-0.3, -0.25) is 14.9 Å². The topological polar surface area (TPSA) is 170 Å². The minimum atomic E-state index is -0.947. The van der Waals surface area contributed by atoms with Crippen molar-refractivity contribution in [3.63, 3.8) is 0 Å². The molecule has 0 aromatic heterocycles. The Balaban J connectivity index is 1.14. The van der Waals surface area contributed by atoms with Gasteiger partial charge in [-0.2, -0.15) is 5.26 Å². The summed E-state index contributed by atoms with van der Waals surface area (Å²) in [6, 6.07) is 6.12. The lowest BCUT2D eigenvalue weighted by Gasteiger charge is -2.63. The van der Waals surface area contributed by atoms with Gasteiger partial charge in [0, 0.05) is 23.6 Å². The van der Waals surface area contributed by atoms with E-state index in [1.165, 1.54) is 24.3 Å². The predicted octanol–water partition coefficient (Wildman–Crippen LogP) is 4.87. The van der Waals surface area contributed by atoms with Gasteiger partial charge in [0.2, 0.25) is 5.91 Å². The van der Waals surface area contributed by atoms with Gasteiger partial charge in [0.1, 0.15) is 30.0 Å². The molecule has 1 aliphatic heterocycles. The number of ether oxygens (including phenoxy) is 4. The Morgan fingerprint density at radius 2 is 1.78 bits per heavy atom. The predicted molar refractivity (Wildman–Crippen MR) is 157 cm³/mol. The van der Waals surface area contributed by atoms with E-state index < -0.39 is 45.9 Å². The molecule has 45 heavy (non-hydrogen) atoms. The first-order valence-electron chi connectivity index (χ1n) is 15.7. The number of nitriles is 1. The standard InChI is InChI=1S/C32H40N4O9/c1-30(2,3)45-28(38)34-26(27(37)35-23(17-33)11-21-12-25(21)35)31-13-19-10-20(14-31)16-32(15-19,18-31)43-9-8-42-29(39)44-24-6-4-22(5-7-24)36(40)41/h4-7,19-21,23,25-26H,8-16,18H2,1-3H3,(H,34,38)/t19-,20?,21+,23-,25-,26+,31?,32?/m0/s1. The van der Waals surface area contributed by atoms with Crippen LogP contribution in [-0.4, -0.2) is 70.5 Å². The summed E-state index contributed by atoms with van der Waals surface area (Å²) in [6.07, 6.45) is 4.76. The van der Waals surface area contributed by atoms with E-state index in [1.807, 2.05) is 0 Å². The highest BCUT2D eigenvalue weighted by molar-refractivity contribution is 5.88. The van der Waals surface area contributed by atoms with Crippen molar-refractivity contribution in [3.05, 3.63) is 34.4 Å². The molecule has 1 aromatic rings. The summed E-state index contributed by atoms with van der Waals surface area (Å²) in [5.74, 6) is 0.894. The van der Waals surface area contributed by atoms with Crippen LogP contribution in [0.2, 0.25) is 0 Å². The SMILES string of the molecule is CC(C)(C)OC(=O)N[C@H](C(=O)N1[C@H](C#N)C[C@@H]2C[C@@H]21)C12CC3C[C@H](CC(OCCOC(=O)Oc4ccc([N+](=O)[O-])cc4)(C3)C1)C2. The number of amides is 2. The van der Waals surface area contributed by atoms with Crippen LogP contribution in [0, 0.1) is 44.6 Å². The van der Waals surface area contributed by atoms with Crippen LogP contribution in [0.1, 0.15) is 72.1 Å². The number of likely N-dealkylation sites (tertiary alicyclic amines) is 1. The smallest absolute Gasteiger partial charge is 0.444 e. The zero-order valence-corrected chi connectivity index (χ0v) is 25.9.